The van der Waals surface area contributed by atoms with Gasteiger partial charge in [0.15, 0.2) is 11.5 Å². The Morgan fingerprint density at radius 3 is 2.26 bits per heavy atom. The fourth-order valence-electron chi connectivity index (χ4n) is 2.03. The summed E-state index contributed by atoms with van der Waals surface area (Å²) in [5.74, 6) is -0.604. The van der Waals surface area contributed by atoms with Crippen LogP contribution in [0.25, 0.3) is 0 Å². The van der Waals surface area contributed by atoms with Crippen molar-refractivity contribution in [3.8, 4) is 11.5 Å². The fraction of sp³-hybridized carbons (Fsp3) is 0.125. The highest BCUT2D eigenvalue weighted by Crippen LogP contribution is 2.32. The predicted octanol–water partition coefficient (Wildman–Crippen LogP) is 1.94. The van der Waals surface area contributed by atoms with Gasteiger partial charge >= 0.3 is 0 Å². The van der Waals surface area contributed by atoms with Gasteiger partial charge < -0.3 is 9.47 Å². The van der Waals surface area contributed by atoms with Gasteiger partial charge in [0.05, 0.1) is 0 Å². The number of aryl methyl sites for hydroxylation is 1. The van der Waals surface area contributed by atoms with E-state index in [-0.39, 0.29) is 12.4 Å². The zero-order valence-corrected chi connectivity index (χ0v) is 12.2. The van der Waals surface area contributed by atoms with Gasteiger partial charge in [-0.25, -0.2) is 4.39 Å². The Morgan fingerprint density at radius 1 is 0.957 bits per heavy atom. The maximum atomic E-state index is 13.4. The van der Waals surface area contributed by atoms with E-state index in [1.54, 1.807) is 19.1 Å². The lowest BCUT2D eigenvalue weighted by molar-refractivity contribution is 0.0846. The molecule has 0 aromatic heterocycles. The number of fused-ring (bicyclic) bond motifs is 1. The van der Waals surface area contributed by atoms with Crippen LogP contribution in [0, 0.1) is 12.7 Å². The minimum Gasteiger partial charge on any atom is -0.454 e. The van der Waals surface area contributed by atoms with Gasteiger partial charge in [0.1, 0.15) is 5.82 Å². The lowest BCUT2D eigenvalue weighted by Gasteiger charge is -2.08. The van der Waals surface area contributed by atoms with E-state index in [1.807, 2.05) is 0 Å². The molecule has 2 aromatic carbocycles. The third-order valence-corrected chi connectivity index (χ3v) is 3.36. The molecule has 0 unspecified atom stereocenters. The van der Waals surface area contributed by atoms with Crippen molar-refractivity contribution in [1.82, 2.24) is 10.9 Å². The molecule has 0 atom stereocenters. The van der Waals surface area contributed by atoms with Crippen molar-refractivity contribution in [3.63, 3.8) is 0 Å². The first-order valence-corrected chi connectivity index (χ1v) is 6.81. The van der Waals surface area contributed by atoms with Crippen molar-refractivity contribution >= 4 is 11.8 Å². The average Bonchev–Trinajstić information content (AvgIpc) is 3.02. The lowest BCUT2D eigenvalue weighted by atomic mass is 10.1. The summed E-state index contributed by atoms with van der Waals surface area (Å²) in [7, 11) is 0. The highest BCUT2D eigenvalue weighted by atomic mass is 19.1. The molecular weight excluding hydrogens is 303 g/mol. The maximum Gasteiger partial charge on any atom is 0.269 e. The molecule has 0 spiro atoms. The molecule has 2 aromatic rings. The van der Waals surface area contributed by atoms with E-state index < -0.39 is 17.6 Å². The molecule has 0 saturated carbocycles. The summed E-state index contributed by atoms with van der Waals surface area (Å²) < 4.78 is 23.8. The van der Waals surface area contributed by atoms with Crippen LogP contribution in [-0.2, 0) is 0 Å². The lowest BCUT2D eigenvalue weighted by Crippen LogP contribution is -2.41. The standard InChI is InChI=1S/C16H13FN2O4/c1-9-2-3-10(6-12(9)17)15(20)18-19-16(21)11-4-5-13-14(7-11)23-8-22-13/h2-7H,8H2,1H3,(H,18,20)(H,19,21). The second-order valence-corrected chi connectivity index (χ2v) is 4.94. The second kappa shape index (κ2) is 5.96. The van der Waals surface area contributed by atoms with Gasteiger partial charge in [0.2, 0.25) is 6.79 Å². The third-order valence-electron chi connectivity index (χ3n) is 3.36. The van der Waals surface area contributed by atoms with Crippen LogP contribution in [0.5, 0.6) is 11.5 Å². The van der Waals surface area contributed by atoms with Crippen molar-refractivity contribution in [3.05, 3.63) is 58.9 Å². The van der Waals surface area contributed by atoms with Gasteiger partial charge in [0.25, 0.3) is 11.8 Å². The van der Waals surface area contributed by atoms with E-state index >= 15 is 0 Å². The van der Waals surface area contributed by atoms with Gasteiger partial charge in [-0.2, -0.15) is 0 Å². The molecule has 1 heterocycles. The highest BCUT2D eigenvalue weighted by molar-refractivity contribution is 5.99. The number of benzene rings is 2. The molecule has 7 heteroatoms. The Hall–Kier alpha value is -3.09. The minimum atomic E-state index is -0.613. The van der Waals surface area contributed by atoms with E-state index in [0.29, 0.717) is 22.6 Å². The number of nitrogens with one attached hydrogen (secondary N) is 2. The van der Waals surface area contributed by atoms with Crippen molar-refractivity contribution in [1.29, 1.82) is 0 Å². The Balaban J connectivity index is 1.64. The molecule has 0 fully saturated rings. The van der Waals surface area contributed by atoms with E-state index in [2.05, 4.69) is 10.9 Å². The fourth-order valence-corrected chi connectivity index (χ4v) is 2.03. The van der Waals surface area contributed by atoms with Gasteiger partial charge in [-0.3, -0.25) is 20.4 Å². The number of carbonyl (C=O) groups is 2. The molecule has 0 radical (unpaired) electrons. The molecule has 2 N–H and O–H groups in total. The minimum absolute atomic E-state index is 0.107. The quantitative estimate of drug-likeness (QED) is 0.830. The zero-order valence-electron chi connectivity index (χ0n) is 12.2. The summed E-state index contributed by atoms with van der Waals surface area (Å²) in [6, 6.07) is 8.73. The van der Waals surface area contributed by atoms with Gasteiger partial charge in [-0.15, -0.1) is 0 Å². The summed E-state index contributed by atoms with van der Waals surface area (Å²) >= 11 is 0. The summed E-state index contributed by atoms with van der Waals surface area (Å²) in [6.07, 6.45) is 0. The Bertz CT molecular complexity index is 792. The van der Waals surface area contributed by atoms with Crippen LogP contribution in [0.2, 0.25) is 0 Å². The van der Waals surface area contributed by atoms with Crippen LogP contribution in [0.3, 0.4) is 0 Å². The van der Waals surface area contributed by atoms with Crippen molar-refractivity contribution in [2.45, 2.75) is 6.92 Å². The SMILES string of the molecule is Cc1ccc(C(=O)NNC(=O)c2ccc3c(c2)OCO3)cc1F. The average molecular weight is 316 g/mol. The molecule has 0 saturated heterocycles. The van der Waals surface area contributed by atoms with Crippen molar-refractivity contribution < 1.29 is 23.5 Å². The molecule has 2 amide bonds. The molecule has 118 valence electrons. The number of carbonyl (C=O) groups excluding carboxylic acids is 2. The first kappa shape index (κ1) is 14.8. The van der Waals surface area contributed by atoms with Crippen LogP contribution in [0.4, 0.5) is 4.39 Å². The van der Waals surface area contributed by atoms with Crippen LogP contribution >= 0.6 is 0 Å². The van der Waals surface area contributed by atoms with E-state index in [0.717, 1.165) is 6.07 Å². The normalized spacial score (nSPS) is 11.9. The molecule has 0 bridgehead atoms. The number of halogens is 1. The third kappa shape index (κ3) is 3.08. The predicted molar refractivity (Wildman–Crippen MR) is 78.6 cm³/mol. The smallest absolute Gasteiger partial charge is 0.269 e. The first-order valence-electron chi connectivity index (χ1n) is 6.81. The monoisotopic (exact) mass is 316 g/mol. The highest BCUT2D eigenvalue weighted by Gasteiger charge is 2.17. The van der Waals surface area contributed by atoms with Crippen molar-refractivity contribution in [2.24, 2.45) is 0 Å². The second-order valence-electron chi connectivity index (χ2n) is 4.94. The summed E-state index contributed by atoms with van der Waals surface area (Å²) in [4.78, 5) is 23.9. The molecule has 1 aliphatic rings. The van der Waals surface area contributed by atoms with Crippen LogP contribution in [0.15, 0.2) is 36.4 Å². The van der Waals surface area contributed by atoms with E-state index in [4.69, 9.17) is 9.47 Å². The molecule has 3 rings (SSSR count). The molecule has 0 aliphatic carbocycles. The maximum absolute atomic E-state index is 13.4. The van der Waals surface area contributed by atoms with Crippen LogP contribution in [0.1, 0.15) is 26.3 Å². The van der Waals surface area contributed by atoms with Crippen LogP contribution < -0.4 is 20.3 Å². The molecular formula is C16H13FN2O4. The summed E-state index contributed by atoms with van der Waals surface area (Å²) in [6.45, 7) is 1.70. The van der Waals surface area contributed by atoms with Gasteiger partial charge in [-0.1, -0.05) is 6.07 Å². The number of hydrogen-bond donors (Lipinski definition) is 2. The topological polar surface area (TPSA) is 76.7 Å². The summed E-state index contributed by atoms with van der Waals surface area (Å²) in [5.41, 5.74) is 5.34. The Kier molecular flexibility index (Phi) is 3.84. The number of rotatable bonds is 2. The number of hydrazine groups is 1. The van der Waals surface area contributed by atoms with Gasteiger partial charge in [-0.05, 0) is 42.8 Å². The Labute approximate surface area is 131 Å². The molecule has 23 heavy (non-hydrogen) atoms. The zero-order chi connectivity index (χ0) is 16.4. The van der Waals surface area contributed by atoms with E-state index in [1.165, 1.54) is 18.2 Å². The summed E-state index contributed by atoms with van der Waals surface area (Å²) in [5, 5.41) is 0. The number of hydrogen-bond acceptors (Lipinski definition) is 4. The van der Waals surface area contributed by atoms with Crippen LogP contribution in [-0.4, -0.2) is 18.6 Å². The first-order chi connectivity index (χ1) is 11.0. The molecule has 1 aliphatic heterocycles. The van der Waals surface area contributed by atoms with E-state index in [9.17, 15) is 14.0 Å². The van der Waals surface area contributed by atoms with Crippen molar-refractivity contribution in [2.75, 3.05) is 6.79 Å². The number of ether oxygens (including phenoxy) is 2. The Morgan fingerprint density at radius 2 is 1.57 bits per heavy atom. The number of amides is 2. The molecule has 6 nitrogen and oxygen atoms in total. The van der Waals surface area contributed by atoms with Gasteiger partial charge in [0, 0.05) is 11.1 Å². The largest absolute Gasteiger partial charge is 0.454 e.